The predicted octanol–water partition coefficient (Wildman–Crippen LogP) is 3.75. The first-order valence-electron chi connectivity index (χ1n) is 11.5. The fourth-order valence-corrected chi connectivity index (χ4v) is 4.13. The molecule has 8 nitrogen and oxygen atoms in total. The van der Waals surface area contributed by atoms with E-state index in [1.54, 1.807) is 16.9 Å². The number of carbonyl (C=O) groups excluding carboxylic acids is 1. The minimum atomic E-state index is 0.249. The van der Waals surface area contributed by atoms with Crippen molar-refractivity contribution in [3.63, 3.8) is 0 Å². The number of ether oxygens (including phenoxy) is 1. The number of pyridine rings is 2. The van der Waals surface area contributed by atoms with Crippen molar-refractivity contribution in [3.8, 4) is 22.9 Å². The number of amides is 1. The van der Waals surface area contributed by atoms with E-state index in [4.69, 9.17) is 9.72 Å². The van der Waals surface area contributed by atoms with Crippen molar-refractivity contribution >= 4 is 17.2 Å². The zero-order valence-electron chi connectivity index (χ0n) is 19.5. The van der Waals surface area contributed by atoms with Gasteiger partial charge in [-0.15, -0.1) is 0 Å². The molecule has 1 aliphatic rings. The van der Waals surface area contributed by atoms with Crippen LogP contribution in [0.2, 0.25) is 0 Å². The molecule has 33 heavy (non-hydrogen) atoms. The number of nitrogens with zero attached hydrogens (tertiary/aromatic N) is 6. The molecule has 3 aromatic rings. The molecule has 1 aliphatic heterocycles. The van der Waals surface area contributed by atoms with Crippen LogP contribution in [-0.4, -0.2) is 58.2 Å². The van der Waals surface area contributed by atoms with E-state index in [2.05, 4.69) is 29.9 Å². The van der Waals surface area contributed by atoms with Crippen LogP contribution in [0.3, 0.4) is 0 Å². The first-order chi connectivity index (χ1) is 16.0. The summed E-state index contributed by atoms with van der Waals surface area (Å²) in [4.78, 5) is 21.3. The highest BCUT2D eigenvalue weighted by Crippen LogP contribution is 2.31. The lowest BCUT2D eigenvalue weighted by molar-refractivity contribution is -0.131. The number of rotatable bonds is 7. The van der Waals surface area contributed by atoms with Crippen molar-refractivity contribution in [2.75, 3.05) is 37.7 Å². The standard InChI is InChI=1S/C25H30N6O2/c1-4-33-21-13-22(25-20(14-26)16-28-31(25)17-21)19-6-7-23(27-15-19)29-9-11-30(12-10-29)24(32)8-5-18(2)3/h6-7,13,15-18H,4-5,8-12H2,1-3H3. The molecule has 1 saturated heterocycles. The summed E-state index contributed by atoms with van der Waals surface area (Å²) >= 11 is 0. The smallest absolute Gasteiger partial charge is 0.222 e. The molecule has 0 bridgehead atoms. The highest BCUT2D eigenvalue weighted by Gasteiger charge is 2.22. The van der Waals surface area contributed by atoms with Gasteiger partial charge in [-0.1, -0.05) is 13.8 Å². The van der Waals surface area contributed by atoms with Crippen molar-refractivity contribution in [1.82, 2.24) is 19.5 Å². The Morgan fingerprint density at radius 3 is 2.64 bits per heavy atom. The summed E-state index contributed by atoms with van der Waals surface area (Å²) in [7, 11) is 0. The lowest BCUT2D eigenvalue weighted by Gasteiger charge is -2.35. The Balaban J connectivity index is 1.51. The molecule has 8 heteroatoms. The van der Waals surface area contributed by atoms with Crippen LogP contribution in [-0.2, 0) is 4.79 Å². The van der Waals surface area contributed by atoms with Crippen LogP contribution >= 0.6 is 0 Å². The molecule has 0 atom stereocenters. The van der Waals surface area contributed by atoms with Gasteiger partial charge in [0.2, 0.25) is 5.91 Å². The van der Waals surface area contributed by atoms with E-state index in [9.17, 15) is 10.1 Å². The van der Waals surface area contributed by atoms with Crippen LogP contribution in [0.15, 0.2) is 36.8 Å². The van der Waals surface area contributed by atoms with Gasteiger partial charge in [0.15, 0.2) is 0 Å². The van der Waals surface area contributed by atoms with Crippen LogP contribution in [0.5, 0.6) is 5.75 Å². The Hall–Kier alpha value is -3.60. The van der Waals surface area contributed by atoms with Crippen LogP contribution in [0, 0.1) is 17.2 Å². The molecule has 0 spiro atoms. The molecular weight excluding hydrogens is 416 g/mol. The topological polar surface area (TPSA) is 86.8 Å². The SMILES string of the molecule is CCOc1cc(-c2ccc(N3CCN(C(=O)CCC(C)C)CC3)nc2)c2c(C#N)cnn2c1. The minimum Gasteiger partial charge on any atom is -0.492 e. The summed E-state index contributed by atoms with van der Waals surface area (Å²) in [5.41, 5.74) is 3.00. The molecule has 1 amide bonds. The summed E-state index contributed by atoms with van der Waals surface area (Å²) in [6, 6.07) is 8.16. The molecule has 0 radical (unpaired) electrons. The average Bonchev–Trinajstić information content (AvgIpc) is 3.25. The molecule has 3 aromatic heterocycles. The molecule has 0 N–H and O–H groups in total. The molecule has 0 unspecified atom stereocenters. The van der Waals surface area contributed by atoms with E-state index in [0.717, 1.165) is 55.1 Å². The predicted molar refractivity (Wildman–Crippen MR) is 127 cm³/mol. The zero-order valence-corrected chi connectivity index (χ0v) is 19.5. The van der Waals surface area contributed by atoms with Crippen LogP contribution in [0.4, 0.5) is 5.82 Å². The quantitative estimate of drug-likeness (QED) is 0.549. The molecular formula is C25H30N6O2. The van der Waals surface area contributed by atoms with Crippen LogP contribution < -0.4 is 9.64 Å². The maximum absolute atomic E-state index is 12.4. The van der Waals surface area contributed by atoms with Gasteiger partial charge in [0, 0.05) is 49.9 Å². The fourth-order valence-electron chi connectivity index (χ4n) is 4.13. The average molecular weight is 447 g/mol. The maximum Gasteiger partial charge on any atom is 0.222 e. The third kappa shape index (κ3) is 4.92. The molecule has 1 fully saturated rings. The van der Waals surface area contributed by atoms with Gasteiger partial charge in [0.05, 0.1) is 30.1 Å². The molecule has 0 aliphatic carbocycles. The molecule has 4 rings (SSSR count). The Morgan fingerprint density at radius 2 is 2.00 bits per heavy atom. The summed E-state index contributed by atoms with van der Waals surface area (Å²) < 4.78 is 7.38. The molecule has 4 heterocycles. The van der Waals surface area contributed by atoms with Crippen molar-refractivity contribution < 1.29 is 9.53 Å². The first kappa shape index (κ1) is 22.6. The van der Waals surface area contributed by atoms with Crippen LogP contribution in [0.25, 0.3) is 16.6 Å². The zero-order chi connectivity index (χ0) is 23.4. The Morgan fingerprint density at radius 1 is 1.21 bits per heavy atom. The van der Waals surface area contributed by atoms with Crippen molar-refractivity contribution in [2.24, 2.45) is 5.92 Å². The van der Waals surface area contributed by atoms with E-state index in [1.807, 2.05) is 36.2 Å². The maximum atomic E-state index is 12.4. The highest BCUT2D eigenvalue weighted by molar-refractivity contribution is 5.85. The number of hydrogen-bond donors (Lipinski definition) is 0. The Labute approximate surface area is 194 Å². The number of carbonyl (C=O) groups is 1. The van der Waals surface area contributed by atoms with E-state index in [0.29, 0.717) is 30.3 Å². The number of aromatic nitrogens is 3. The Bertz CT molecular complexity index is 1150. The lowest BCUT2D eigenvalue weighted by atomic mass is 10.1. The van der Waals surface area contributed by atoms with Gasteiger partial charge in [-0.3, -0.25) is 4.79 Å². The van der Waals surface area contributed by atoms with E-state index in [-0.39, 0.29) is 5.91 Å². The van der Waals surface area contributed by atoms with Gasteiger partial charge in [0.25, 0.3) is 0 Å². The summed E-state index contributed by atoms with van der Waals surface area (Å²) in [5, 5.41) is 13.8. The lowest BCUT2D eigenvalue weighted by Crippen LogP contribution is -2.49. The second-order valence-electron chi connectivity index (χ2n) is 8.69. The number of anilines is 1. The summed E-state index contributed by atoms with van der Waals surface area (Å²) in [6.07, 6.45) is 6.74. The molecule has 0 saturated carbocycles. The van der Waals surface area contributed by atoms with Crippen molar-refractivity contribution in [2.45, 2.75) is 33.6 Å². The molecule has 0 aromatic carbocycles. The fraction of sp³-hybridized carbons (Fsp3) is 0.440. The number of fused-ring (bicyclic) bond motifs is 1. The number of hydrogen-bond acceptors (Lipinski definition) is 6. The van der Waals surface area contributed by atoms with Crippen molar-refractivity contribution in [3.05, 3.63) is 42.4 Å². The number of nitriles is 1. The molecule has 172 valence electrons. The number of piperazine rings is 1. The van der Waals surface area contributed by atoms with Gasteiger partial charge in [0.1, 0.15) is 17.6 Å². The van der Waals surface area contributed by atoms with Gasteiger partial charge in [-0.25, -0.2) is 9.50 Å². The largest absolute Gasteiger partial charge is 0.492 e. The van der Waals surface area contributed by atoms with Gasteiger partial charge < -0.3 is 14.5 Å². The monoisotopic (exact) mass is 446 g/mol. The third-order valence-electron chi connectivity index (χ3n) is 5.97. The second-order valence-corrected chi connectivity index (χ2v) is 8.69. The summed E-state index contributed by atoms with van der Waals surface area (Å²) in [6.45, 7) is 9.75. The van der Waals surface area contributed by atoms with Gasteiger partial charge in [-0.05, 0) is 37.5 Å². The van der Waals surface area contributed by atoms with Gasteiger partial charge >= 0.3 is 0 Å². The van der Waals surface area contributed by atoms with Gasteiger partial charge in [-0.2, -0.15) is 10.4 Å². The highest BCUT2D eigenvalue weighted by atomic mass is 16.5. The normalized spacial score (nSPS) is 14.0. The Kier molecular flexibility index (Phi) is 6.78. The van der Waals surface area contributed by atoms with E-state index < -0.39 is 0 Å². The summed E-state index contributed by atoms with van der Waals surface area (Å²) in [5.74, 6) is 2.37. The van der Waals surface area contributed by atoms with Crippen molar-refractivity contribution in [1.29, 1.82) is 5.26 Å². The first-order valence-corrected chi connectivity index (χ1v) is 11.5. The minimum absolute atomic E-state index is 0.249. The third-order valence-corrected chi connectivity index (χ3v) is 5.97. The van der Waals surface area contributed by atoms with E-state index >= 15 is 0 Å². The second kappa shape index (κ2) is 9.90. The van der Waals surface area contributed by atoms with Crippen LogP contribution in [0.1, 0.15) is 39.2 Å². The van der Waals surface area contributed by atoms with E-state index in [1.165, 1.54) is 0 Å².